The number of benzene rings is 8. The molecule has 9 aromatic rings. The third kappa shape index (κ3) is 6.69. The summed E-state index contributed by atoms with van der Waals surface area (Å²) in [6.45, 7) is 6.46. The molecule has 0 saturated heterocycles. The van der Waals surface area contributed by atoms with Crippen LogP contribution in [0.25, 0.3) is 71.8 Å². The molecule has 0 saturated carbocycles. The van der Waals surface area contributed by atoms with E-state index in [1.165, 1.54) is 27.6 Å². The van der Waals surface area contributed by atoms with E-state index >= 15 is 0 Å². The second-order valence-corrected chi connectivity index (χ2v) is 13.7. The predicted octanol–water partition coefficient (Wildman–Crippen LogP) is 14.1. The molecule has 0 atom stereocenters. The Hall–Kier alpha value is -7.10. The van der Waals surface area contributed by atoms with Crippen molar-refractivity contribution in [3.63, 3.8) is 0 Å². The lowest BCUT2D eigenvalue weighted by molar-refractivity contribution is 0.670. The summed E-state index contributed by atoms with van der Waals surface area (Å²) >= 11 is 0. The molecule has 3 heteroatoms. The first-order valence-corrected chi connectivity index (χ1v) is 18.7. The molecule has 262 valence electrons. The molecular formula is C52H38N2O. The van der Waals surface area contributed by atoms with Gasteiger partial charge in [0.25, 0.3) is 0 Å². The molecule has 55 heavy (non-hydrogen) atoms. The van der Waals surface area contributed by atoms with Crippen LogP contribution in [0.4, 0.5) is 0 Å². The highest BCUT2D eigenvalue weighted by Gasteiger charge is 2.18. The lowest BCUT2D eigenvalue weighted by Gasteiger charge is -2.09. The number of hydrogen-bond donors (Lipinski definition) is 0. The van der Waals surface area contributed by atoms with Gasteiger partial charge >= 0.3 is 0 Å². The third-order valence-corrected chi connectivity index (χ3v) is 10.3. The number of aliphatic imine (C=N–C) groups is 2. The van der Waals surface area contributed by atoms with Gasteiger partial charge in [-0.1, -0.05) is 183 Å². The molecule has 3 nitrogen and oxygen atoms in total. The van der Waals surface area contributed by atoms with Crippen molar-refractivity contribution in [1.82, 2.24) is 0 Å². The minimum Gasteiger partial charge on any atom is -0.455 e. The molecule has 8 aromatic carbocycles. The molecule has 0 unspecified atom stereocenters. The lowest BCUT2D eigenvalue weighted by atomic mass is 9.94. The van der Waals surface area contributed by atoms with Gasteiger partial charge < -0.3 is 4.42 Å². The average molecular weight is 707 g/mol. The van der Waals surface area contributed by atoms with E-state index in [-0.39, 0.29) is 0 Å². The standard InChI is InChI=1S/C52H38N2O/c1-3-48(42-19-11-6-12-20-42)54-52(53-35(2)36-15-7-4-8-16-36)44-31-32-46-49(34-44)55-51-47(33-43-21-13-14-22-45(43)50(46)51)41-29-27-40(28-30-41)39-25-23-38(24-26-39)37-17-9-5-10-18-37/h4-34H,2-3H2,1H3/b53-52-,54-48+. The zero-order chi connectivity index (χ0) is 37.1. The maximum Gasteiger partial charge on any atom is 0.160 e. The Kier molecular flexibility index (Phi) is 9.03. The van der Waals surface area contributed by atoms with Crippen LogP contribution in [-0.4, -0.2) is 11.5 Å². The lowest BCUT2D eigenvalue weighted by Crippen LogP contribution is -2.06. The molecule has 0 aliphatic carbocycles. The van der Waals surface area contributed by atoms with Gasteiger partial charge in [-0.15, -0.1) is 0 Å². The van der Waals surface area contributed by atoms with Gasteiger partial charge in [0.1, 0.15) is 11.2 Å². The number of hydrogen-bond acceptors (Lipinski definition) is 2. The second kappa shape index (κ2) is 14.7. The average Bonchev–Trinajstić information content (AvgIpc) is 3.65. The van der Waals surface area contributed by atoms with Crippen LogP contribution in [0, 0.1) is 0 Å². The van der Waals surface area contributed by atoms with Crippen LogP contribution in [0.2, 0.25) is 0 Å². The quantitative estimate of drug-likeness (QED) is 0.114. The van der Waals surface area contributed by atoms with E-state index < -0.39 is 0 Å². The Morgan fingerprint density at radius 2 is 1.04 bits per heavy atom. The van der Waals surface area contributed by atoms with Gasteiger partial charge in [0, 0.05) is 27.6 Å². The number of nitrogens with zero attached hydrogens (tertiary/aromatic N) is 2. The molecule has 0 N–H and O–H groups in total. The van der Waals surface area contributed by atoms with Gasteiger partial charge in [-0.05, 0) is 74.3 Å². The fourth-order valence-corrected chi connectivity index (χ4v) is 7.39. The smallest absolute Gasteiger partial charge is 0.160 e. The molecule has 0 radical (unpaired) electrons. The van der Waals surface area contributed by atoms with Crippen LogP contribution in [-0.2, 0) is 0 Å². The van der Waals surface area contributed by atoms with Crippen LogP contribution in [0.5, 0.6) is 0 Å². The van der Waals surface area contributed by atoms with Crippen LogP contribution in [0.15, 0.2) is 209 Å². The highest BCUT2D eigenvalue weighted by atomic mass is 16.3. The molecule has 0 aliphatic rings. The highest BCUT2D eigenvalue weighted by Crippen LogP contribution is 2.42. The minimum atomic E-state index is 0.592. The molecule has 0 amide bonds. The van der Waals surface area contributed by atoms with Crippen molar-refractivity contribution < 1.29 is 4.42 Å². The summed E-state index contributed by atoms with van der Waals surface area (Å²) in [4.78, 5) is 10.2. The van der Waals surface area contributed by atoms with Gasteiger partial charge in [0.15, 0.2) is 5.84 Å². The number of rotatable bonds is 8. The molecule has 0 spiro atoms. The SMILES string of the molecule is C=C(/N=C(\N=C(/CC)c1ccccc1)c1ccc2c(c1)oc1c(-c3ccc(-c4ccc(-c5ccccc5)cc4)cc3)cc3ccccc3c12)c1ccccc1. The van der Waals surface area contributed by atoms with Gasteiger partial charge in [-0.2, -0.15) is 0 Å². The van der Waals surface area contributed by atoms with Crippen molar-refractivity contribution >= 4 is 50.0 Å². The fraction of sp³-hybridized carbons (Fsp3) is 0.0385. The predicted molar refractivity (Wildman–Crippen MR) is 233 cm³/mol. The van der Waals surface area contributed by atoms with Crippen LogP contribution < -0.4 is 0 Å². The van der Waals surface area contributed by atoms with Gasteiger partial charge in [-0.3, -0.25) is 0 Å². The minimum absolute atomic E-state index is 0.592. The summed E-state index contributed by atoms with van der Waals surface area (Å²) in [6, 6.07) is 65.5. The summed E-state index contributed by atoms with van der Waals surface area (Å²) in [5, 5.41) is 4.48. The van der Waals surface area contributed by atoms with Gasteiger partial charge in [0.2, 0.25) is 0 Å². The Morgan fingerprint density at radius 3 is 1.67 bits per heavy atom. The van der Waals surface area contributed by atoms with Crippen molar-refractivity contribution in [2.75, 3.05) is 0 Å². The maximum absolute atomic E-state index is 6.89. The monoisotopic (exact) mass is 706 g/mol. The highest BCUT2D eigenvalue weighted by molar-refractivity contribution is 6.23. The Morgan fingerprint density at radius 1 is 0.491 bits per heavy atom. The first-order chi connectivity index (χ1) is 27.1. The van der Waals surface area contributed by atoms with Crippen molar-refractivity contribution in [2.24, 2.45) is 9.98 Å². The van der Waals surface area contributed by atoms with Gasteiger partial charge in [-0.25, -0.2) is 9.98 Å². The van der Waals surface area contributed by atoms with Gasteiger partial charge in [0.05, 0.1) is 5.70 Å². The fourth-order valence-electron chi connectivity index (χ4n) is 7.39. The Bertz CT molecular complexity index is 2870. The van der Waals surface area contributed by atoms with Crippen LogP contribution in [0.1, 0.15) is 30.0 Å². The first-order valence-electron chi connectivity index (χ1n) is 18.7. The molecule has 0 aliphatic heterocycles. The van der Waals surface area contributed by atoms with E-state index in [1.807, 2.05) is 54.6 Å². The molecule has 0 fully saturated rings. The van der Waals surface area contributed by atoms with Crippen LogP contribution in [0.3, 0.4) is 0 Å². The molecular weight excluding hydrogens is 669 g/mol. The summed E-state index contributed by atoms with van der Waals surface area (Å²) in [5.74, 6) is 0.592. The first kappa shape index (κ1) is 33.7. The second-order valence-electron chi connectivity index (χ2n) is 13.7. The third-order valence-electron chi connectivity index (χ3n) is 10.3. The van der Waals surface area contributed by atoms with Crippen molar-refractivity contribution in [1.29, 1.82) is 0 Å². The number of fused-ring (bicyclic) bond motifs is 5. The molecule has 9 rings (SSSR count). The number of amidine groups is 1. The maximum atomic E-state index is 6.89. The summed E-state index contributed by atoms with van der Waals surface area (Å²) in [7, 11) is 0. The van der Waals surface area contributed by atoms with E-state index in [2.05, 4.69) is 147 Å². The van der Waals surface area contributed by atoms with E-state index in [1.54, 1.807) is 0 Å². The summed E-state index contributed by atoms with van der Waals surface area (Å²) in [5.41, 5.74) is 13.1. The van der Waals surface area contributed by atoms with E-state index in [9.17, 15) is 0 Å². The largest absolute Gasteiger partial charge is 0.455 e. The van der Waals surface area contributed by atoms with Crippen molar-refractivity contribution in [3.05, 3.63) is 211 Å². The Labute approximate surface area is 321 Å². The molecule has 0 bridgehead atoms. The summed E-state index contributed by atoms with van der Waals surface area (Å²) in [6.07, 6.45) is 0.751. The topological polar surface area (TPSA) is 37.9 Å². The van der Waals surface area contributed by atoms with E-state index in [4.69, 9.17) is 14.4 Å². The van der Waals surface area contributed by atoms with Crippen LogP contribution >= 0.6 is 0 Å². The van der Waals surface area contributed by atoms with E-state index in [0.717, 1.165) is 67.3 Å². The molecule has 1 aromatic heterocycles. The molecule has 1 heterocycles. The number of furan rings is 1. The van der Waals surface area contributed by atoms with Crippen molar-refractivity contribution in [2.45, 2.75) is 13.3 Å². The summed E-state index contributed by atoms with van der Waals surface area (Å²) < 4.78 is 6.89. The normalized spacial score (nSPS) is 12.1. The van der Waals surface area contributed by atoms with E-state index in [0.29, 0.717) is 11.5 Å². The zero-order valence-electron chi connectivity index (χ0n) is 30.6. The Balaban J connectivity index is 1.15. The zero-order valence-corrected chi connectivity index (χ0v) is 30.6. The van der Waals surface area contributed by atoms with Crippen molar-refractivity contribution in [3.8, 4) is 33.4 Å².